The van der Waals surface area contributed by atoms with Crippen molar-refractivity contribution in [2.24, 2.45) is 5.11 Å². The molecule has 1 aliphatic rings. The summed E-state index contributed by atoms with van der Waals surface area (Å²) in [6.07, 6.45) is 0.970. The van der Waals surface area contributed by atoms with Crippen LogP contribution in [0, 0.1) is 0 Å². The van der Waals surface area contributed by atoms with Crippen LogP contribution in [0.5, 0.6) is 0 Å². The van der Waals surface area contributed by atoms with Crippen LogP contribution >= 0.6 is 0 Å². The van der Waals surface area contributed by atoms with Crippen molar-refractivity contribution in [2.75, 3.05) is 6.54 Å². The van der Waals surface area contributed by atoms with E-state index in [1.54, 1.807) is 0 Å². The maximum atomic E-state index is 8.46. The molecule has 0 bridgehead atoms. The number of rotatable bonds is 3. The van der Waals surface area contributed by atoms with Crippen LogP contribution in [0.3, 0.4) is 0 Å². The van der Waals surface area contributed by atoms with Gasteiger partial charge in [0.1, 0.15) is 0 Å². The topological polar surface area (TPSA) is 52.0 Å². The van der Waals surface area contributed by atoms with E-state index in [1.165, 1.54) is 5.56 Å². The summed E-state index contributed by atoms with van der Waals surface area (Å²) in [6.45, 7) is 4.09. The van der Waals surface area contributed by atoms with Crippen molar-refractivity contribution in [3.63, 3.8) is 0 Å². The standard InChI is InChI=1S/C12H16N4/c1-10-12(14-15-13)7-8-16(10)9-11-5-3-2-4-6-11/h2-6,10,12H,7-9H2,1H3/t10-,12-/m0/s1. The fraction of sp³-hybridized carbons (Fsp3) is 0.500. The first-order valence-corrected chi connectivity index (χ1v) is 5.63. The zero-order valence-electron chi connectivity index (χ0n) is 9.45. The van der Waals surface area contributed by atoms with Gasteiger partial charge in [-0.3, -0.25) is 4.90 Å². The Bertz CT molecular complexity index is 383. The van der Waals surface area contributed by atoms with Crippen molar-refractivity contribution < 1.29 is 0 Å². The second-order valence-electron chi connectivity index (χ2n) is 4.26. The molecule has 0 spiro atoms. The third-order valence-electron chi connectivity index (χ3n) is 3.27. The van der Waals surface area contributed by atoms with Gasteiger partial charge < -0.3 is 0 Å². The molecule has 0 amide bonds. The van der Waals surface area contributed by atoms with E-state index in [9.17, 15) is 0 Å². The van der Waals surface area contributed by atoms with Gasteiger partial charge in [0, 0.05) is 17.5 Å². The van der Waals surface area contributed by atoms with E-state index >= 15 is 0 Å². The molecule has 1 heterocycles. The molecule has 0 saturated carbocycles. The quantitative estimate of drug-likeness (QED) is 0.435. The van der Waals surface area contributed by atoms with Crippen LogP contribution in [0.1, 0.15) is 18.9 Å². The lowest BCUT2D eigenvalue weighted by Gasteiger charge is -2.22. The summed E-state index contributed by atoms with van der Waals surface area (Å²) >= 11 is 0. The highest BCUT2D eigenvalue weighted by atomic mass is 15.2. The van der Waals surface area contributed by atoms with Gasteiger partial charge in [0.15, 0.2) is 0 Å². The number of hydrogen-bond acceptors (Lipinski definition) is 2. The normalized spacial score (nSPS) is 25.3. The second kappa shape index (κ2) is 5.01. The summed E-state index contributed by atoms with van der Waals surface area (Å²) in [5, 5.41) is 3.84. The average Bonchev–Trinajstić information content (AvgIpc) is 2.64. The highest BCUT2D eigenvalue weighted by Crippen LogP contribution is 2.22. The van der Waals surface area contributed by atoms with Crippen molar-refractivity contribution in [3.8, 4) is 0 Å². The first-order chi connectivity index (χ1) is 7.81. The number of likely N-dealkylation sites (tertiary alicyclic amines) is 1. The minimum absolute atomic E-state index is 0.133. The van der Waals surface area contributed by atoms with E-state index in [0.29, 0.717) is 6.04 Å². The third-order valence-corrected chi connectivity index (χ3v) is 3.27. The number of hydrogen-bond donors (Lipinski definition) is 0. The Morgan fingerprint density at radius 3 is 2.88 bits per heavy atom. The van der Waals surface area contributed by atoms with Gasteiger partial charge >= 0.3 is 0 Å². The van der Waals surface area contributed by atoms with Crippen molar-refractivity contribution in [1.82, 2.24) is 4.90 Å². The summed E-state index contributed by atoms with van der Waals surface area (Å²) in [5.41, 5.74) is 9.78. The van der Waals surface area contributed by atoms with Gasteiger partial charge in [-0.1, -0.05) is 35.4 Å². The lowest BCUT2D eigenvalue weighted by molar-refractivity contribution is 0.251. The van der Waals surface area contributed by atoms with E-state index in [-0.39, 0.29) is 6.04 Å². The molecular weight excluding hydrogens is 200 g/mol. The van der Waals surface area contributed by atoms with E-state index < -0.39 is 0 Å². The molecule has 84 valence electrons. The van der Waals surface area contributed by atoms with Crippen LogP contribution in [0.15, 0.2) is 35.4 Å². The Morgan fingerprint density at radius 1 is 1.44 bits per heavy atom. The molecule has 1 aromatic carbocycles. The SMILES string of the molecule is C[C@H]1[C@@H](N=[N+]=[N-])CCN1Cc1ccccc1. The highest BCUT2D eigenvalue weighted by molar-refractivity contribution is 5.15. The molecule has 0 N–H and O–H groups in total. The number of nitrogens with zero attached hydrogens (tertiary/aromatic N) is 4. The van der Waals surface area contributed by atoms with E-state index in [1.807, 2.05) is 6.07 Å². The molecule has 4 nitrogen and oxygen atoms in total. The summed E-state index contributed by atoms with van der Waals surface area (Å²) in [6, 6.07) is 10.9. The Kier molecular flexibility index (Phi) is 3.44. The minimum atomic E-state index is 0.133. The number of azide groups is 1. The zero-order chi connectivity index (χ0) is 11.4. The zero-order valence-corrected chi connectivity index (χ0v) is 9.45. The summed E-state index contributed by atoms with van der Waals surface area (Å²) in [4.78, 5) is 5.28. The van der Waals surface area contributed by atoms with Crippen molar-refractivity contribution >= 4 is 0 Å². The van der Waals surface area contributed by atoms with Gasteiger partial charge in [0.2, 0.25) is 0 Å². The van der Waals surface area contributed by atoms with E-state index in [0.717, 1.165) is 19.5 Å². The van der Waals surface area contributed by atoms with Crippen molar-refractivity contribution in [2.45, 2.75) is 32.0 Å². The lowest BCUT2D eigenvalue weighted by Crippen LogP contribution is -2.30. The molecule has 0 unspecified atom stereocenters. The Labute approximate surface area is 95.5 Å². The molecule has 16 heavy (non-hydrogen) atoms. The molecule has 1 aromatic rings. The van der Waals surface area contributed by atoms with E-state index in [4.69, 9.17) is 5.53 Å². The second-order valence-corrected chi connectivity index (χ2v) is 4.26. The molecule has 0 radical (unpaired) electrons. The van der Waals surface area contributed by atoms with Crippen LogP contribution in [0.25, 0.3) is 10.4 Å². The van der Waals surface area contributed by atoms with Crippen molar-refractivity contribution in [1.29, 1.82) is 0 Å². The molecule has 2 atom stereocenters. The molecule has 1 fully saturated rings. The van der Waals surface area contributed by atoms with Crippen LogP contribution < -0.4 is 0 Å². The van der Waals surface area contributed by atoms with Gasteiger partial charge in [0.05, 0.1) is 6.04 Å². The van der Waals surface area contributed by atoms with Gasteiger partial charge in [0.25, 0.3) is 0 Å². The highest BCUT2D eigenvalue weighted by Gasteiger charge is 2.29. The largest absolute Gasteiger partial charge is 0.296 e. The Balaban J connectivity index is 2.00. The molecule has 4 heteroatoms. The smallest absolute Gasteiger partial charge is 0.0539 e. The fourth-order valence-electron chi connectivity index (χ4n) is 2.25. The third kappa shape index (κ3) is 2.35. The first-order valence-electron chi connectivity index (χ1n) is 5.63. The maximum absolute atomic E-state index is 8.46. The lowest BCUT2D eigenvalue weighted by atomic mass is 10.1. The minimum Gasteiger partial charge on any atom is -0.296 e. The van der Waals surface area contributed by atoms with Gasteiger partial charge in [-0.05, 0) is 31.0 Å². The molecule has 2 rings (SSSR count). The fourth-order valence-corrected chi connectivity index (χ4v) is 2.25. The first kappa shape index (κ1) is 11.0. The monoisotopic (exact) mass is 216 g/mol. The predicted octanol–water partition coefficient (Wildman–Crippen LogP) is 2.96. The van der Waals surface area contributed by atoms with E-state index in [2.05, 4.69) is 46.1 Å². The van der Waals surface area contributed by atoms with Gasteiger partial charge in [-0.15, -0.1) is 0 Å². The molecule has 0 aromatic heterocycles. The molecule has 0 aliphatic carbocycles. The van der Waals surface area contributed by atoms with Gasteiger partial charge in [-0.25, -0.2) is 0 Å². The average molecular weight is 216 g/mol. The Hall–Kier alpha value is -1.51. The van der Waals surface area contributed by atoms with Crippen LogP contribution in [0.4, 0.5) is 0 Å². The van der Waals surface area contributed by atoms with Crippen molar-refractivity contribution in [3.05, 3.63) is 46.3 Å². The Morgan fingerprint density at radius 2 is 2.19 bits per heavy atom. The summed E-state index contributed by atoms with van der Waals surface area (Å²) in [5.74, 6) is 0. The molecule has 1 aliphatic heterocycles. The van der Waals surface area contributed by atoms with Crippen LogP contribution in [-0.2, 0) is 6.54 Å². The molecule has 1 saturated heterocycles. The maximum Gasteiger partial charge on any atom is 0.0539 e. The summed E-state index contributed by atoms with van der Waals surface area (Å²) in [7, 11) is 0. The predicted molar refractivity (Wildman–Crippen MR) is 63.9 cm³/mol. The van der Waals surface area contributed by atoms with Crippen LogP contribution in [-0.4, -0.2) is 23.5 Å². The number of benzene rings is 1. The molecular formula is C12H16N4. The summed E-state index contributed by atoms with van der Waals surface area (Å²) < 4.78 is 0. The van der Waals surface area contributed by atoms with Gasteiger partial charge in [-0.2, -0.15) is 0 Å². The van der Waals surface area contributed by atoms with Crippen LogP contribution in [0.2, 0.25) is 0 Å².